The van der Waals surface area contributed by atoms with E-state index in [4.69, 9.17) is 14.2 Å². The van der Waals surface area contributed by atoms with E-state index in [-0.39, 0.29) is 17.9 Å². The van der Waals surface area contributed by atoms with Crippen LogP contribution >= 0.6 is 0 Å². The van der Waals surface area contributed by atoms with Gasteiger partial charge in [0.1, 0.15) is 5.75 Å². The number of amides is 2. The van der Waals surface area contributed by atoms with Crippen molar-refractivity contribution in [2.45, 2.75) is 18.9 Å². The van der Waals surface area contributed by atoms with Crippen molar-refractivity contribution in [1.29, 1.82) is 0 Å². The summed E-state index contributed by atoms with van der Waals surface area (Å²) < 4.78 is 16.0. The second kappa shape index (κ2) is 10.5. The number of likely N-dealkylation sites (tertiary alicyclic amines) is 1. The summed E-state index contributed by atoms with van der Waals surface area (Å²) in [6.07, 6.45) is 4.69. The molecule has 31 heavy (non-hydrogen) atoms. The maximum Gasteiger partial charge on any atom is 0.251 e. The van der Waals surface area contributed by atoms with E-state index in [9.17, 15) is 9.59 Å². The highest BCUT2D eigenvalue weighted by Crippen LogP contribution is 2.35. The van der Waals surface area contributed by atoms with Crippen LogP contribution in [0.2, 0.25) is 0 Å². The molecule has 2 aromatic rings. The second-order valence-electron chi connectivity index (χ2n) is 7.22. The largest absolute Gasteiger partial charge is 0.496 e. The first kappa shape index (κ1) is 22.2. The second-order valence-corrected chi connectivity index (χ2v) is 7.22. The van der Waals surface area contributed by atoms with Gasteiger partial charge in [0.05, 0.1) is 21.3 Å². The number of methoxy groups -OCH3 is 3. The van der Waals surface area contributed by atoms with Crippen LogP contribution in [0.1, 0.15) is 28.8 Å². The predicted molar refractivity (Wildman–Crippen MR) is 119 cm³/mol. The van der Waals surface area contributed by atoms with Crippen molar-refractivity contribution in [3.8, 4) is 17.2 Å². The molecule has 0 saturated carbocycles. The first-order chi connectivity index (χ1) is 15.0. The molecule has 0 atom stereocenters. The number of piperidine rings is 1. The van der Waals surface area contributed by atoms with Crippen LogP contribution in [0, 0.1) is 0 Å². The van der Waals surface area contributed by atoms with E-state index in [1.807, 2.05) is 18.2 Å². The van der Waals surface area contributed by atoms with Crippen molar-refractivity contribution >= 4 is 17.9 Å². The lowest BCUT2D eigenvalue weighted by Gasteiger charge is -2.31. The molecule has 1 aliphatic rings. The average Bonchev–Trinajstić information content (AvgIpc) is 2.82. The lowest BCUT2D eigenvalue weighted by molar-refractivity contribution is -0.126. The van der Waals surface area contributed by atoms with Gasteiger partial charge in [-0.15, -0.1) is 0 Å². The van der Waals surface area contributed by atoms with Crippen LogP contribution in [0.15, 0.2) is 48.5 Å². The van der Waals surface area contributed by atoms with Crippen molar-refractivity contribution in [1.82, 2.24) is 10.2 Å². The number of hydrogen-bond acceptors (Lipinski definition) is 5. The van der Waals surface area contributed by atoms with E-state index in [0.717, 1.165) is 18.4 Å². The SMILES string of the molecule is COc1cc(OC)c(OC)cc1C=CC(=O)N1CCC(NC(=O)c2ccccc2)CC1. The van der Waals surface area contributed by atoms with Gasteiger partial charge in [-0.05, 0) is 37.1 Å². The molecule has 2 aromatic carbocycles. The Bertz CT molecular complexity index is 934. The maximum absolute atomic E-state index is 12.7. The minimum absolute atomic E-state index is 0.0617. The standard InChI is InChI=1S/C24H28N2O5/c1-29-20-16-22(31-3)21(30-2)15-18(20)9-10-23(27)26-13-11-19(12-14-26)25-24(28)17-7-5-4-6-8-17/h4-10,15-16,19H,11-14H2,1-3H3,(H,25,28). The van der Waals surface area contributed by atoms with E-state index < -0.39 is 0 Å². The van der Waals surface area contributed by atoms with Gasteiger partial charge in [-0.3, -0.25) is 9.59 Å². The summed E-state index contributed by atoms with van der Waals surface area (Å²) in [5, 5.41) is 3.05. The van der Waals surface area contributed by atoms with Crippen molar-refractivity contribution in [3.05, 3.63) is 59.7 Å². The lowest BCUT2D eigenvalue weighted by Crippen LogP contribution is -2.46. The van der Waals surface area contributed by atoms with Crippen LogP contribution in [0.5, 0.6) is 17.2 Å². The maximum atomic E-state index is 12.7. The molecule has 0 spiro atoms. The number of ether oxygens (including phenoxy) is 3. The van der Waals surface area contributed by atoms with Gasteiger partial charge in [0, 0.05) is 42.4 Å². The number of nitrogens with zero attached hydrogens (tertiary/aromatic N) is 1. The average molecular weight is 424 g/mol. The third-order valence-electron chi connectivity index (χ3n) is 5.32. The first-order valence-electron chi connectivity index (χ1n) is 10.2. The molecule has 2 amide bonds. The number of rotatable bonds is 7. The summed E-state index contributed by atoms with van der Waals surface area (Å²) >= 11 is 0. The van der Waals surface area contributed by atoms with Crippen LogP contribution in [-0.2, 0) is 4.79 Å². The monoisotopic (exact) mass is 424 g/mol. The van der Waals surface area contributed by atoms with Gasteiger partial charge in [0.15, 0.2) is 11.5 Å². The van der Waals surface area contributed by atoms with Gasteiger partial charge in [0.25, 0.3) is 5.91 Å². The Morgan fingerprint density at radius 2 is 1.55 bits per heavy atom. The molecule has 0 radical (unpaired) electrons. The molecule has 7 nitrogen and oxygen atoms in total. The highest BCUT2D eigenvalue weighted by atomic mass is 16.5. The molecule has 0 unspecified atom stereocenters. The molecule has 0 aliphatic carbocycles. The quantitative estimate of drug-likeness (QED) is 0.691. The molecule has 0 bridgehead atoms. The van der Waals surface area contributed by atoms with Crippen LogP contribution in [0.25, 0.3) is 6.08 Å². The summed E-state index contributed by atoms with van der Waals surface area (Å²) in [6.45, 7) is 1.18. The highest BCUT2D eigenvalue weighted by Gasteiger charge is 2.23. The Morgan fingerprint density at radius 3 is 2.16 bits per heavy atom. The number of carbonyl (C=O) groups excluding carboxylic acids is 2. The van der Waals surface area contributed by atoms with E-state index in [1.54, 1.807) is 56.6 Å². The Hall–Kier alpha value is -3.48. The fourth-order valence-corrected chi connectivity index (χ4v) is 3.55. The molecule has 1 fully saturated rings. The van der Waals surface area contributed by atoms with Crippen molar-refractivity contribution < 1.29 is 23.8 Å². The summed E-state index contributed by atoms with van der Waals surface area (Å²) in [4.78, 5) is 26.8. The van der Waals surface area contributed by atoms with Crippen molar-refractivity contribution in [3.63, 3.8) is 0 Å². The van der Waals surface area contributed by atoms with Crippen molar-refractivity contribution in [2.75, 3.05) is 34.4 Å². The third-order valence-corrected chi connectivity index (χ3v) is 5.32. The Morgan fingerprint density at radius 1 is 0.935 bits per heavy atom. The smallest absolute Gasteiger partial charge is 0.251 e. The van der Waals surface area contributed by atoms with E-state index in [1.165, 1.54) is 6.08 Å². The molecule has 7 heteroatoms. The van der Waals surface area contributed by atoms with E-state index in [2.05, 4.69) is 5.32 Å². The first-order valence-corrected chi connectivity index (χ1v) is 10.2. The molecular weight excluding hydrogens is 396 g/mol. The zero-order valence-electron chi connectivity index (χ0n) is 18.1. The molecule has 1 N–H and O–H groups in total. The Labute approximate surface area is 182 Å². The van der Waals surface area contributed by atoms with Crippen LogP contribution < -0.4 is 19.5 Å². The summed E-state index contributed by atoms with van der Waals surface area (Å²) in [5.41, 5.74) is 1.37. The number of hydrogen-bond donors (Lipinski definition) is 1. The molecule has 1 saturated heterocycles. The Kier molecular flexibility index (Phi) is 7.54. The third kappa shape index (κ3) is 5.57. The van der Waals surface area contributed by atoms with Gasteiger partial charge >= 0.3 is 0 Å². The van der Waals surface area contributed by atoms with Crippen LogP contribution in [0.4, 0.5) is 0 Å². The van der Waals surface area contributed by atoms with E-state index in [0.29, 0.717) is 35.9 Å². The number of benzene rings is 2. The van der Waals surface area contributed by atoms with Crippen LogP contribution in [-0.4, -0.2) is 57.2 Å². The molecular formula is C24H28N2O5. The normalized spacial score (nSPS) is 14.4. The van der Waals surface area contributed by atoms with Crippen molar-refractivity contribution in [2.24, 2.45) is 0 Å². The zero-order valence-corrected chi connectivity index (χ0v) is 18.1. The highest BCUT2D eigenvalue weighted by molar-refractivity contribution is 5.94. The minimum atomic E-state index is -0.0790. The minimum Gasteiger partial charge on any atom is -0.496 e. The van der Waals surface area contributed by atoms with Gasteiger partial charge in [0.2, 0.25) is 5.91 Å². The fraction of sp³-hybridized carbons (Fsp3) is 0.333. The molecule has 3 rings (SSSR count). The molecule has 164 valence electrons. The molecule has 0 aromatic heterocycles. The summed E-state index contributed by atoms with van der Waals surface area (Å²) in [6, 6.07) is 12.7. The lowest BCUT2D eigenvalue weighted by atomic mass is 10.0. The topological polar surface area (TPSA) is 77.1 Å². The molecule has 1 aliphatic heterocycles. The van der Waals surface area contributed by atoms with Gasteiger partial charge < -0.3 is 24.4 Å². The number of carbonyl (C=O) groups is 2. The zero-order chi connectivity index (χ0) is 22.2. The van der Waals surface area contributed by atoms with Gasteiger partial charge in [-0.1, -0.05) is 18.2 Å². The van der Waals surface area contributed by atoms with Gasteiger partial charge in [-0.2, -0.15) is 0 Å². The van der Waals surface area contributed by atoms with Crippen LogP contribution in [0.3, 0.4) is 0 Å². The van der Waals surface area contributed by atoms with Gasteiger partial charge in [-0.25, -0.2) is 0 Å². The fourth-order valence-electron chi connectivity index (χ4n) is 3.55. The molecule has 1 heterocycles. The number of nitrogens with one attached hydrogen (secondary N) is 1. The van der Waals surface area contributed by atoms with E-state index >= 15 is 0 Å². The summed E-state index contributed by atoms with van der Waals surface area (Å²) in [5.74, 6) is 1.55. The Balaban J connectivity index is 1.57. The predicted octanol–water partition coefficient (Wildman–Crippen LogP) is 3.15. The summed E-state index contributed by atoms with van der Waals surface area (Å²) in [7, 11) is 4.68.